The molecule has 0 aliphatic carbocycles. The molecule has 76 valence electrons. The summed E-state index contributed by atoms with van der Waals surface area (Å²) in [6, 6.07) is 0. The minimum Gasteiger partial charge on any atom is -0.353 e. The van der Waals surface area contributed by atoms with Crippen molar-refractivity contribution in [3.8, 4) is 0 Å². The Balaban J connectivity index is 1.98. The van der Waals surface area contributed by atoms with Crippen LogP contribution in [0.3, 0.4) is 0 Å². The van der Waals surface area contributed by atoms with Gasteiger partial charge in [-0.3, -0.25) is 14.7 Å². The van der Waals surface area contributed by atoms with Crippen LogP contribution in [0.15, 0.2) is 17.3 Å². The fourth-order valence-corrected chi connectivity index (χ4v) is 1.57. The molecule has 1 unspecified atom stereocenters. The summed E-state index contributed by atoms with van der Waals surface area (Å²) in [5.74, 6) is 0.165. The van der Waals surface area contributed by atoms with E-state index in [4.69, 9.17) is 0 Å². The van der Waals surface area contributed by atoms with Gasteiger partial charge in [-0.25, -0.2) is 0 Å². The fraction of sp³-hybridized carbons (Fsp3) is 0.556. The molecule has 1 amide bonds. The summed E-state index contributed by atoms with van der Waals surface area (Å²) in [6.07, 6.45) is 5.49. The maximum absolute atomic E-state index is 11.4. The van der Waals surface area contributed by atoms with E-state index in [-0.39, 0.29) is 12.1 Å². The van der Waals surface area contributed by atoms with Crippen LogP contribution in [0.4, 0.5) is 0 Å². The predicted octanol–water partition coefficient (Wildman–Crippen LogP) is -0.768. The third-order valence-corrected chi connectivity index (χ3v) is 2.53. The molecule has 0 aromatic heterocycles. The summed E-state index contributed by atoms with van der Waals surface area (Å²) in [5.41, 5.74) is 0. The minimum absolute atomic E-state index is 0.0221. The molecule has 1 atom stereocenters. The molecule has 0 aromatic rings. The largest absolute Gasteiger partial charge is 0.353 e. The molecule has 0 aromatic carbocycles. The van der Waals surface area contributed by atoms with E-state index < -0.39 is 0 Å². The first-order valence-corrected chi connectivity index (χ1v) is 4.70. The smallest absolute Gasteiger partial charge is 0.236 e. The number of hydrogen-bond donors (Lipinski definition) is 1. The number of carbonyl (C=O) groups excluding carboxylic acids is 1. The summed E-state index contributed by atoms with van der Waals surface area (Å²) >= 11 is 0. The van der Waals surface area contributed by atoms with E-state index in [0.717, 1.165) is 13.1 Å². The second-order valence-corrected chi connectivity index (χ2v) is 3.50. The van der Waals surface area contributed by atoms with Gasteiger partial charge in [-0.05, 0) is 6.08 Å². The molecule has 2 heterocycles. The van der Waals surface area contributed by atoms with E-state index in [1.807, 2.05) is 19.3 Å². The highest BCUT2D eigenvalue weighted by Crippen LogP contribution is 2.09. The van der Waals surface area contributed by atoms with E-state index in [9.17, 15) is 4.79 Å². The summed E-state index contributed by atoms with van der Waals surface area (Å²) < 4.78 is 0. The van der Waals surface area contributed by atoms with Crippen LogP contribution in [0, 0.1) is 0 Å². The molecular formula is C9H14N4O. The van der Waals surface area contributed by atoms with Gasteiger partial charge in [-0.2, -0.15) is 0 Å². The second kappa shape index (κ2) is 3.79. The van der Waals surface area contributed by atoms with Gasteiger partial charge in [0.15, 0.2) is 0 Å². The Morgan fingerprint density at radius 2 is 2.43 bits per heavy atom. The molecule has 5 heteroatoms. The van der Waals surface area contributed by atoms with Crippen molar-refractivity contribution in [3.63, 3.8) is 0 Å². The number of piperazine rings is 1. The molecule has 2 aliphatic rings. The fourth-order valence-electron chi connectivity index (χ4n) is 1.57. The third-order valence-electron chi connectivity index (χ3n) is 2.53. The number of nitrogens with zero attached hydrogens (tertiary/aromatic N) is 3. The molecule has 1 saturated heterocycles. The number of carbonyl (C=O) groups is 1. The summed E-state index contributed by atoms with van der Waals surface area (Å²) in [4.78, 5) is 19.5. The number of aliphatic imine (C=N–C) groups is 1. The van der Waals surface area contributed by atoms with Crippen LogP contribution in [0.5, 0.6) is 0 Å². The Kier molecular flexibility index (Phi) is 2.49. The van der Waals surface area contributed by atoms with Gasteiger partial charge in [0.2, 0.25) is 5.91 Å². The molecular weight excluding hydrogens is 180 g/mol. The molecule has 14 heavy (non-hydrogen) atoms. The van der Waals surface area contributed by atoms with Crippen LogP contribution in [0.1, 0.15) is 0 Å². The van der Waals surface area contributed by atoms with Crippen LogP contribution in [-0.4, -0.2) is 54.9 Å². The van der Waals surface area contributed by atoms with Crippen LogP contribution in [-0.2, 0) is 4.79 Å². The molecule has 5 nitrogen and oxygen atoms in total. The van der Waals surface area contributed by atoms with Crippen LogP contribution in [0.2, 0.25) is 0 Å². The molecule has 2 aliphatic heterocycles. The van der Waals surface area contributed by atoms with Gasteiger partial charge in [0.1, 0.15) is 6.17 Å². The average Bonchev–Trinajstić information content (AvgIpc) is 2.23. The number of rotatable bonds is 1. The third kappa shape index (κ3) is 1.77. The highest BCUT2D eigenvalue weighted by atomic mass is 16.2. The average molecular weight is 194 g/mol. The van der Waals surface area contributed by atoms with Gasteiger partial charge in [0.05, 0.1) is 12.9 Å². The van der Waals surface area contributed by atoms with Crippen molar-refractivity contribution >= 4 is 12.2 Å². The summed E-state index contributed by atoms with van der Waals surface area (Å²) in [5, 5.41) is 2.88. The van der Waals surface area contributed by atoms with Gasteiger partial charge >= 0.3 is 0 Å². The molecule has 0 saturated carbocycles. The molecule has 1 N–H and O–H groups in total. The van der Waals surface area contributed by atoms with Gasteiger partial charge in [-0.1, -0.05) is 0 Å². The first-order chi connectivity index (χ1) is 6.77. The number of amides is 1. The van der Waals surface area contributed by atoms with E-state index in [1.165, 1.54) is 0 Å². The Morgan fingerprint density at radius 3 is 3.07 bits per heavy atom. The predicted molar refractivity (Wildman–Crippen MR) is 53.8 cm³/mol. The van der Waals surface area contributed by atoms with Crippen molar-refractivity contribution in [2.75, 3.05) is 26.7 Å². The zero-order valence-corrected chi connectivity index (χ0v) is 8.18. The normalized spacial score (nSPS) is 27.9. The van der Waals surface area contributed by atoms with Gasteiger partial charge < -0.3 is 10.2 Å². The Labute approximate surface area is 83.1 Å². The van der Waals surface area contributed by atoms with Crippen molar-refractivity contribution < 1.29 is 4.79 Å². The number of hydrogen-bond acceptors (Lipinski definition) is 4. The van der Waals surface area contributed by atoms with Gasteiger partial charge in [0, 0.05) is 26.3 Å². The van der Waals surface area contributed by atoms with Crippen molar-refractivity contribution in [3.05, 3.63) is 12.3 Å². The van der Waals surface area contributed by atoms with E-state index in [0.29, 0.717) is 6.54 Å². The first-order valence-electron chi connectivity index (χ1n) is 4.70. The standard InChI is InChI=1S/C9H14N4O/c1-12-4-5-13(6-9(12)14)8-2-3-10-7-11-8/h2-3,7-8H,4-6H2,1H3,(H,10,11). The van der Waals surface area contributed by atoms with Crippen LogP contribution < -0.4 is 5.32 Å². The molecule has 0 radical (unpaired) electrons. The van der Waals surface area contributed by atoms with Crippen molar-refractivity contribution in [2.45, 2.75) is 6.17 Å². The van der Waals surface area contributed by atoms with Crippen molar-refractivity contribution in [1.29, 1.82) is 0 Å². The zero-order chi connectivity index (χ0) is 9.97. The lowest BCUT2D eigenvalue weighted by atomic mass is 10.3. The van der Waals surface area contributed by atoms with Crippen molar-refractivity contribution in [2.24, 2.45) is 4.99 Å². The highest BCUT2D eigenvalue weighted by molar-refractivity contribution is 5.78. The van der Waals surface area contributed by atoms with E-state index in [2.05, 4.69) is 15.2 Å². The minimum atomic E-state index is 0.0221. The lowest BCUT2D eigenvalue weighted by molar-refractivity contribution is -0.134. The topological polar surface area (TPSA) is 47.9 Å². The number of nitrogens with one attached hydrogen (secondary N) is 1. The quantitative estimate of drug-likeness (QED) is 0.596. The van der Waals surface area contributed by atoms with E-state index >= 15 is 0 Å². The Morgan fingerprint density at radius 1 is 1.57 bits per heavy atom. The summed E-state index contributed by atoms with van der Waals surface area (Å²) in [6.45, 7) is 2.13. The Hall–Kier alpha value is -1.36. The Bertz CT molecular complexity index is 275. The van der Waals surface area contributed by atoms with Crippen LogP contribution >= 0.6 is 0 Å². The molecule has 0 bridgehead atoms. The SMILES string of the molecule is CN1CCN(C2C=CNC=N2)CC1=O. The van der Waals surface area contributed by atoms with Gasteiger partial charge in [0.25, 0.3) is 0 Å². The molecule has 0 spiro atoms. The zero-order valence-electron chi connectivity index (χ0n) is 8.18. The van der Waals surface area contributed by atoms with Crippen LogP contribution in [0.25, 0.3) is 0 Å². The van der Waals surface area contributed by atoms with Crippen molar-refractivity contribution in [1.82, 2.24) is 15.1 Å². The summed E-state index contributed by atoms with van der Waals surface area (Å²) in [7, 11) is 1.83. The molecule has 1 fully saturated rings. The molecule has 2 rings (SSSR count). The van der Waals surface area contributed by atoms with Gasteiger partial charge in [-0.15, -0.1) is 0 Å². The highest BCUT2D eigenvalue weighted by Gasteiger charge is 2.25. The maximum atomic E-state index is 11.4. The number of likely N-dealkylation sites (N-methyl/N-ethyl adjacent to an activating group) is 1. The maximum Gasteiger partial charge on any atom is 0.236 e. The monoisotopic (exact) mass is 194 g/mol. The first kappa shape index (κ1) is 9.21. The second-order valence-electron chi connectivity index (χ2n) is 3.50. The van der Waals surface area contributed by atoms with E-state index in [1.54, 1.807) is 11.2 Å². The lowest BCUT2D eigenvalue weighted by Crippen LogP contribution is -2.51. The lowest BCUT2D eigenvalue weighted by Gasteiger charge is -2.34.